The van der Waals surface area contributed by atoms with Crippen molar-refractivity contribution in [2.45, 2.75) is 44.2 Å². The molecule has 0 radical (unpaired) electrons. The minimum atomic E-state index is -0.347. The lowest BCUT2D eigenvalue weighted by Crippen LogP contribution is -2.41. The number of aryl methyl sites for hydroxylation is 1. The molecule has 4 heteroatoms. The van der Waals surface area contributed by atoms with Crippen molar-refractivity contribution in [1.29, 1.82) is 0 Å². The second-order valence-electron chi connectivity index (χ2n) is 4.93. The summed E-state index contributed by atoms with van der Waals surface area (Å²) in [5.74, 6) is 0.607. The molecule has 0 aromatic carbocycles. The van der Waals surface area contributed by atoms with Crippen molar-refractivity contribution in [1.82, 2.24) is 4.98 Å². The number of nitrogens with two attached hydrogens (primary N) is 1. The molecule has 94 valence electrons. The van der Waals surface area contributed by atoms with E-state index in [-0.39, 0.29) is 11.6 Å². The van der Waals surface area contributed by atoms with Gasteiger partial charge in [0.2, 0.25) is 5.88 Å². The molecule has 1 aromatic heterocycles. The van der Waals surface area contributed by atoms with Gasteiger partial charge >= 0.3 is 0 Å². The Morgan fingerprint density at radius 3 is 2.65 bits per heavy atom. The van der Waals surface area contributed by atoms with Gasteiger partial charge in [-0.25, -0.2) is 4.98 Å². The van der Waals surface area contributed by atoms with Crippen LogP contribution in [0.1, 0.15) is 36.9 Å². The van der Waals surface area contributed by atoms with Crippen molar-refractivity contribution in [3.63, 3.8) is 0 Å². The Hall–Kier alpha value is -1.13. The highest BCUT2D eigenvalue weighted by Crippen LogP contribution is 2.36. The van der Waals surface area contributed by atoms with Gasteiger partial charge in [-0.05, 0) is 44.2 Å². The monoisotopic (exact) mass is 236 g/mol. The van der Waals surface area contributed by atoms with Gasteiger partial charge in [0, 0.05) is 17.3 Å². The Morgan fingerprint density at radius 1 is 1.41 bits per heavy atom. The van der Waals surface area contributed by atoms with E-state index in [2.05, 4.69) is 4.98 Å². The first-order valence-corrected chi connectivity index (χ1v) is 6.03. The molecule has 1 fully saturated rings. The molecule has 3 N–H and O–H groups in total. The highest BCUT2D eigenvalue weighted by atomic mass is 16.5. The van der Waals surface area contributed by atoms with Gasteiger partial charge in [-0.15, -0.1) is 0 Å². The fourth-order valence-electron chi connectivity index (χ4n) is 2.44. The summed E-state index contributed by atoms with van der Waals surface area (Å²) in [7, 11) is 1.61. The maximum Gasteiger partial charge on any atom is 0.213 e. The average Bonchev–Trinajstić information content (AvgIpc) is 2.32. The van der Waals surface area contributed by atoms with Gasteiger partial charge < -0.3 is 15.6 Å². The quantitative estimate of drug-likeness (QED) is 0.816. The zero-order valence-corrected chi connectivity index (χ0v) is 10.4. The van der Waals surface area contributed by atoms with Crippen LogP contribution < -0.4 is 10.5 Å². The van der Waals surface area contributed by atoms with Crippen LogP contribution in [0.5, 0.6) is 5.88 Å². The molecule has 0 aliphatic heterocycles. The maximum absolute atomic E-state index is 9.55. The number of aromatic nitrogens is 1. The Morgan fingerprint density at radius 2 is 2.06 bits per heavy atom. The predicted molar refractivity (Wildman–Crippen MR) is 65.9 cm³/mol. The van der Waals surface area contributed by atoms with Crippen molar-refractivity contribution < 1.29 is 9.84 Å². The van der Waals surface area contributed by atoms with Gasteiger partial charge in [-0.2, -0.15) is 0 Å². The summed E-state index contributed by atoms with van der Waals surface area (Å²) in [5.41, 5.74) is 8.07. The maximum atomic E-state index is 9.55. The van der Waals surface area contributed by atoms with E-state index >= 15 is 0 Å². The molecule has 0 saturated heterocycles. The highest BCUT2D eigenvalue weighted by molar-refractivity contribution is 5.31. The van der Waals surface area contributed by atoms with Gasteiger partial charge in [-0.3, -0.25) is 0 Å². The normalized spacial score (nSPS) is 29.1. The lowest BCUT2D eigenvalue weighted by atomic mass is 9.76. The molecule has 0 spiro atoms. The van der Waals surface area contributed by atoms with Crippen LogP contribution in [0.3, 0.4) is 0 Å². The van der Waals surface area contributed by atoms with E-state index < -0.39 is 0 Å². The van der Waals surface area contributed by atoms with Gasteiger partial charge in [0.05, 0.1) is 13.2 Å². The van der Waals surface area contributed by atoms with Crippen molar-refractivity contribution in [2.24, 2.45) is 5.73 Å². The lowest BCUT2D eigenvalue weighted by Gasteiger charge is -2.36. The molecular weight excluding hydrogens is 216 g/mol. The van der Waals surface area contributed by atoms with E-state index in [1.165, 1.54) is 0 Å². The summed E-state index contributed by atoms with van der Waals surface area (Å²) < 4.78 is 5.18. The predicted octanol–water partition coefficient (Wildman–Crippen LogP) is 1.49. The molecule has 1 heterocycles. The molecule has 4 nitrogen and oxygen atoms in total. The number of rotatable bonds is 2. The van der Waals surface area contributed by atoms with E-state index in [9.17, 15) is 5.11 Å². The number of pyridine rings is 1. The first-order chi connectivity index (χ1) is 8.03. The van der Waals surface area contributed by atoms with Crippen molar-refractivity contribution >= 4 is 0 Å². The zero-order valence-electron chi connectivity index (χ0n) is 10.4. The summed E-state index contributed by atoms with van der Waals surface area (Å²) in [5, 5.41) is 9.55. The van der Waals surface area contributed by atoms with Crippen molar-refractivity contribution in [3.05, 3.63) is 23.4 Å². The number of aliphatic hydroxyl groups is 1. The summed E-state index contributed by atoms with van der Waals surface area (Å²) in [6, 6.07) is 3.92. The number of ether oxygens (including phenoxy) is 1. The van der Waals surface area contributed by atoms with Crippen molar-refractivity contribution in [3.8, 4) is 5.88 Å². The molecule has 0 amide bonds. The first kappa shape index (κ1) is 12.3. The smallest absolute Gasteiger partial charge is 0.213 e. The summed E-state index contributed by atoms with van der Waals surface area (Å²) in [6.07, 6.45) is 2.94. The Balaban J connectivity index is 2.29. The molecule has 1 aromatic rings. The van der Waals surface area contributed by atoms with Crippen molar-refractivity contribution in [2.75, 3.05) is 7.11 Å². The third kappa shape index (κ3) is 2.58. The number of hydrogen-bond acceptors (Lipinski definition) is 4. The van der Waals surface area contributed by atoms with Crippen LogP contribution in [-0.4, -0.2) is 23.3 Å². The number of nitrogens with zero attached hydrogens (tertiary/aromatic N) is 1. The van der Waals surface area contributed by atoms with Gasteiger partial charge in [0.25, 0.3) is 0 Å². The minimum Gasteiger partial charge on any atom is -0.481 e. The average molecular weight is 236 g/mol. The van der Waals surface area contributed by atoms with Gasteiger partial charge in [0.15, 0.2) is 0 Å². The van der Waals surface area contributed by atoms with E-state index in [0.717, 1.165) is 36.9 Å². The molecule has 0 atom stereocenters. The van der Waals surface area contributed by atoms with Crippen LogP contribution >= 0.6 is 0 Å². The third-order valence-corrected chi connectivity index (χ3v) is 3.56. The number of methoxy groups -OCH3 is 1. The van der Waals surface area contributed by atoms with Crippen LogP contribution in [0.2, 0.25) is 0 Å². The minimum absolute atomic E-state index is 0.198. The molecule has 17 heavy (non-hydrogen) atoms. The first-order valence-electron chi connectivity index (χ1n) is 6.03. The molecule has 1 aliphatic carbocycles. The summed E-state index contributed by atoms with van der Waals surface area (Å²) >= 11 is 0. The second-order valence-corrected chi connectivity index (χ2v) is 4.93. The second kappa shape index (κ2) is 4.63. The highest BCUT2D eigenvalue weighted by Gasteiger charge is 2.33. The van der Waals surface area contributed by atoms with Gasteiger partial charge in [-0.1, -0.05) is 0 Å². The Bertz CT molecular complexity index is 398. The number of aliphatic hydroxyl groups excluding tert-OH is 1. The molecule has 0 bridgehead atoms. The van der Waals surface area contributed by atoms with Crippen LogP contribution in [0.4, 0.5) is 0 Å². The summed E-state index contributed by atoms with van der Waals surface area (Å²) in [4.78, 5) is 4.27. The SMILES string of the molecule is COc1cc(C2(N)CCC(O)CC2)cc(C)n1. The van der Waals surface area contributed by atoms with Crippen LogP contribution in [0, 0.1) is 6.92 Å². The van der Waals surface area contributed by atoms with Crippen LogP contribution in [0.25, 0.3) is 0 Å². The molecule has 1 aliphatic rings. The van der Waals surface area contributed by atoms with E-state index in [4.69, 9.17) is 10.5 Å². The zero-order chi connectivity index (χ0) is 12.5. The Labute approximate surface area is 102 Å². The van der Waals surface area contributed by atoms with E-state index in [1.54, 1.807) is 7.11 Å². The fourth-order valence-corrected chi connectivity index (χ4v) is 2.44. The summed E-state index contributed by atoms with van der Waals surface area (Å²) in [6.45, 7) is 1.94. The molecular formula is C13H20N2O2. The molecule has 2 rings (SSSR count). The Kier molecular flexibility index (Phi) is 3.35. The van der Waals surface area contributed by atoms with Crippen LogP contribution in [0.15, 0.2) is 12.1 Å². The topological polar surface area (TPSA) is 68.4 Å². The van der Waals surface area contributed by atoms with Crippen LogP contribution in [-0.2, 0) is 5.54 Å². The fraction of sp³-hybridized carbons (Fsp3) is 0.615. The molecule has 0 unspecified atom stereocenters. The number of hydrogen-bond donors (Lipinski definition) is 2. The lowest BCUT2D eigenvalue weighted by molar-refractivity contribution is 0.0968. The van der Waals surface area contributed by atoms with E-state index in [0.29, 0.717) is 5.88 Å². The van der Waals surface area contributed by atoms with Gasteiger partial charge in [0.1, 0.15) is 0 Å². The molecule has 1 saturated carbocycles. The largest absolute Gasteiger partial charge is 0.481 e. The van der Waals surface area contributed by atoms with E-state index in [1.807, 2.05) is 19.1 Å². The standard InChI is InChI=1S/C13H20N2O2/c1-9-7-10(8-12(15-9)17-2)13(14)5-3-11(16)4-6-13/h7-8,11,16H,3-6,14H2,1-2H3. The third-order valence-electron chi connectivity index (χ3n) is 3.56.